The third kappa shape index (κ3) is 4.90. The third-order valence-electron chi connectivity index (χ3n) is 2.46. The average Bonchev–Trinajstić information content (AvgIpc) is 2.30. The summed E-state index contributed by atoms with van der Waals surface area (Å²) in [5.74, 6) is 0.171. The van der Waals surface area contributed by atoms with Crippen LogP contribution >= 0.6 is 23.2 Å². The Bertz CT molecular complexity index is 452. The van der Waals surface area contributed by atoms with Crippen LogP contribution in [0.2, 0.25) is 10.0 Å². The Labute approximate surface area is 122 Å². The predicted octanol–water partition coefficient (Wildman–Crippen LogP) is 2.60. The van der Waals surface area contributed by atoms with E-state index < -0.39 is 12.2 Å². The molecule has 0 heterocycles. The maximum absolute atomic E-state index is 12.0. The second-order valence-electron chi connectivity index (χ2n) is 4.40. The number of aliphatic hydroxyl groups excluding tert-OH is 1. The van der Waals surface area contributed by atoms with E-state index in [9.17, 15) is 9.90 Å². The van der Waals surface area contributed by atoms with Gasteiger partial charge in [-0.3, -0.25) is 4.79 Å². The van der Waals surface area contributed by atoms with E-state index in [1.54, 1.807) is 39.1 Å². The van der Waals surface area contributed by atoms with Crippen molar-refractivity contribution >= 4 is 29.1 Å². The molecule has 0 aromatic heterocycles. The molecule has 106 valence electrons. The average molecular weight is 306 g/mol. The fourth-order valence-electron chi connectivity index (χ4n) is 1.61. The first-order valence-corrected chi connectivity index (χ1v) is 6.61. The number of benzene rings is 1. The van der Waals surface area contributed by atoms with Crippen molar-refractivity contribution in [3.05, 3.63) is 28.2 Å². The van der Waals surface area contributed by atoms with Crippen LogP contribution in [0.3, 0.4) is 0 Å². The largest absolute Gasteiger partial charge is 0.479 e. The molecule has 0 saturated carbocycles. The number of nitrogens with zero attached hydrogens (tertiary/aromatic N) is 1. The van der Waals surface area contributed by atoms with Gasteiger partial charge in [-0.2, -0.15) is 0 Å². The highest BCUT2D eigenvalue weighted by atomic mass is 35.5. The van der Waals surface area contributed by atoms with Gasteiger partial charge >= 0.3 is 0 Å². The molecule has 0 radical (unpaired) electrons. The molecule has 1 aromatic rings. The van der Waals surface area contributed by atoms with E-state index in [-0.39, 0.29) is 12.5 Å². The van der Waals surface area contributed by atoms with Gasteiger partial charge in [0.2, 0.25) is 0 Å². The Kier molecular flexibility index (Phi) is 5.91. The Hall–Kier alpha value is -0.970. The number of ether oxygens (including phenoxy) is 1. The number of aliphatic hydroxyl groups is 1. The summed E-state index contributed by atoms with van der Waals surface area (Å²) in [6, 6.07) is 4.80. The van der Waals surface area contributed by atoms with Crippen molar-refractivity contribution in [3.8, 4) is 5.75 Å². The first-order chi connectivity index (χ1) is 8.81. The molecule has 0 fully saturated rings. The minimum atomic E-state index is -0.692. The van der Waals surface area contributed by atoms with Crippen LogP contribution in [0.5, 0.6) is 5.75 Å². The Morgan fingerprint density at radius 2 is 2.05 bits per heavy atom. The fraction of sp³-hybridized carbons (Fsp3) is 0.462. The number of halogens is 2. The predicted molar refractivity (Wildman–Crippen MR) is 75.9 cm³/mol. The van der Waals surface area contributed by atoms with Gasteiger partial charge in [0, 0.05) is 18.6 Å². The van der Waals surface area contributed by atoms with E-state index in [1.807, 2.05) is 0 Å². The lowest BCUT2D eigenvalue weighted by atomic mass is 10.3. The molecule has 4 nitrogen and oxygen atoms in total. The minimum Gasteiger partial charge on any atom is -0.479 e. The lowest BCUT2D eigenvalue weighted by Gasteiger charge is -2.23. The van der Waals surface area contributed by atoms with Crippen LogP contribution in [0.4, 0.5) is 0 Å². The number of amides is 1. The van der Waals surface area contributed by atoms with Gasteiger partial charge in [0.1, 0.15) is 5.75 Å². The van der Waals surface area contributed by atoms with Crippen LogP contribution in [-0.2, 0) is 4.79 Å². The van der Waals surface area contributed by atoms with Crippen LogP contribution in [-0.4, -0.2) is 41.7 Å². The number of hydrogen-bond acceptors (Lipinski definition) is 3. The molecule has 2 unspecified atom stereocenters. The molecule has 0 bridgehead atoms. The molecule has 6 heteroatoms. The van der Waals surface area contributed by atoms with Crippen molar-refractivity contribution in [3.63, 3.8) is 0 Å². The Morgan fingerprint density at radius 3 is 2.58 bits per heavy atom. The molecule has 0 aliphatic heterocycles. The van der Waals surface area contributed by atoms with Gasteiger partial charge in [0.15, 0.2) is 6.10 Å². The van der Waals surface area contributed by atoms with Crippen LogP contribution < -0.4 is 4.74 Å². The number of carbonyl (C=O) groups excluding carboxylic acids is 1. The third-order valence-corrected chi connectivity index (χ3v) is 2.99. The summed E-state index contributed by atoms with van der Waals surface area (Å²) in [4.78, 5) is 13.4. The van der Waals surface area contributed by atoms with Gasteiger partial charge in [-0.05, 0) is 32.0 Å². The standard InChI is InChI=1S/C13H17Cl2NO3/c1-8(17)7-16(3)13(18)9(2)19-12-5-4-10(14)6-11(12)15/h4-6,8-9,17H,7H2,1-3H3. The van der Waals surface area contributed by atoms with E-state index in [4.69, 9.17) is 27.9 Å². The number of hydrogen-bond donors (Lipinski definition) is 1. The summed E-state index contributed by atoms with van der Waals surface area (Å²) < 4.78 is 5.50. The van der Waals surface area contributed by atoms with Crippen molar-refractivity contribution in [2.24, 2.45) is 0 Å². The molecule has 1 amide bonds. The Balaban J connectivity index is 2.68. The zero-order valence-corrected chi connectivity index (χ0v) is 12.6. The molecule has 1 rings (SSSR count). The van der Waals surface area contributed by atoms with Crippen LogP contribution in [0.25, 0.3) is 0 Å². The van der Waals surface area contributed by atoms with Gasteiger partial charge in [0.25, 0.3) is 5.91 Å². The molecule has 0 saturated heterocycles. The summed E-state index contributed by atoms with van der Waals surface area (Å²) in [6.45, 7) is 3.50. The summed E-state index contributed by atoms with van der Waals surface area (Å²) >= 11 is 11.7. The zero-order valence-electron chi connectivity index (χ0n) is 11.1. The molecular weight excluding hydrogens is 289 g/mol. The zero-order chi connectivity index (χ0) is 14.6. The van der Waals surface area contributed by atoms with Gasteiger partial charge in [-0.15, -0.1) is 0 Å². The van der Waals surface area contributed by atoms with Crippen LogP contribution in [0.1, 0.15) is 13.8 Å². The van der Waals surface area contributed by atoms with Crippen molar-refractivity contribution in [2.75, 3.05) is 13.6 Å². The van der Waals surface area contributed by atoms with Crippen LogP contribution in [0.15, 0.2) is 18.2 Å². The SMILES string of the molecule is CC(O)CN(C)C(=O)C(C)Oc1ccc(Cl)cc1Cl. The molecule has 2 atom stereocenters. The van der Waals surface area contributed by atoms with E-state index in [1.165, 1.54) is 4.90 Å². The van der Waals surface area contributed by atoms with Crippen molar-refractivity contribution < 1.29 is 14.6 Å². The number of rotatable bonds is 5. The van der Waals surface area contributed by atoms with E-state index in [0.29, 0.717) is 15.8 Å². The lowest BCUT2D eigenvalue weighted by molar-refractivity contribution is -0.137. The smallest absolute Gasteiger partial charge is 0.263 e. The molecular formula is C13H17Cl2NO3. The number of likely N-dealkylation sites (N-methyl/N-ethyl adjacent to an activating group) is 1. The highest BCUT2D eigenvalue weighted by molar-refractivity contribution is 6.35. The van der Waals surface area contributed by atoms with E-state index >= 15 is 0 Å². The molecule has 0 aliphatic carbocycles. The lowest BCUT2D eigenvalue weighted by Crippen LogP contribution is -2.41. The normalized spacial score (nSPS) is 13.8. The summed E-state index contributed by atoms with van der Waals surface area (Å²) in [5.41, 5.74) is 0. The first-order valence-electron chi connectivity index (χ1n) is 5.86. The summed E-state index contributed by atoms with van der Waals surface area (Å²) in [6.07, 6.45) is -1.28. The fourth-order valence-corrected chi connectivity index (χ4v) is 2.06. The first kappa shape index (κ1) is 16.1. The Morgan fingerprint density at radius 1 is 1.42 bits per heavy atom. The molecule has 1 N–H and O–H groups in total. The van der Waals surface area contributed by atoms with Crippen molar-refractivity contribution in [1.29, 1.82) is 0 Å². The van der Waals surface area contributed by atoms with E-state index in [0.717, 1.165) is 0 Å². The highest BCUT2D eigenvalue weighted by Gasteiger charge is 2.21. The van der Waals surface area contributed by atoms with E-state index in [2.05, 4.69) is 0 Å². The second kappa shape index (κ2) is 6.98. The second-order valence-corrected chi connectivity index (χ2v) is 5.25. The maximum Gasteiger partial charge on any atom is 0.263 e. The molecule has 0 spiro atoms. The maximum atomic E-state index is 12.0. The van der Waals surface area contributed by atoms with Gasteiger partial charge < -0.3 is 14.7 Å². The van der Waals surface area contributed by atoms with Crippen molar-refractivity contribution in [1.82, 2.24) is 4.90 Å². The van der Waals surface area contributed by atoms with Gasteiger partial charge in [-0.1, -0.05) is 23.2 Å². The van der Waals surface area contributed by atoms with Crippen LogP contribution in [0, 0.1) is 0 Å². The van der Waals surface area contributed by atoms with Crippen molar-refractivity contribution in [2.45, 2.75) is 26.1 Å². The molecule has 19 heavy (non-hydrogen) atoms. The monoisotopic (exact) mass is 305 g/mol. The number of carbonyl (C=O) groups is 1. The molecule has 0 aliphatic rings. The highest BCUT2D eigenvalue weighted by Crippen LogP contribution is 2.28. The minimum absolute atomic E-state index is 0.230. The quantitative estimate of drug-likeness (QED) is 0.909. The van der Waals surface area contributed by atoms with Gasteiger partial charge in [-0.25, -0.2) is 0 Å². The van der Waals surface area contributed by atoms with Gasteiger partial charge in [0.05, 0.1) is 11.1 Å². The topological polar surface area (TPSA) is 49.8 Å². The summed E-state index contributed by atoms with van der Waals surface area (Å²) in [7, 11) is 1.61. The molecule has 1 aromatic carbocycles. The summed E-state index contributed by atoms with van der Waals surface area (Å²) in [5, 5.41) is 10.1.